The van der Waals surface area contributed by atoms with E-state index in [9.17, 15) is 4.79 Å². The van der Waals surface area contributed by atoms with E-state index in [1.807, 2.05) is 63.2 Å². The normalized spacial score (nSPS) is 11.6. The first-order chi connectivity index (χ1) is 11.4. The minimum atomic E-state index is -0.262. The summed E-state index contributed by atoms with van der Waals surface area (Å²) in [5.74, 6) is -0.136. The zero-order valence-electron chi connectivity index (χ0n) is 14.1. The highest BCUT2D eigenvalue weighted by atomic mass is 32.1. The predicted octanol–water partition coefficient (Wildman–Crippen LogP) is 4.46. The molecule has 0 aliphatic rings. The van der Waals surface area contributed by atoms with Crippen molar-refractivity contribution in [3.63, 3.8) is 0 Å². The van der Waals surface area contributed by atoms with E-state index in [1.54, 1.807) is 0 Å². The van der Waals surface area contributed by atoms with Crippen LogP contribution >= 0.6 is 11.3 Å². The molecule has 0 saturated carbocycles. The molecule has 0 fully saturated rings. The molecule has 1 amide bonds. The van der Waals surface area contributed by atoms with Gasteiger partial charge in [-0.15, -0.1) is 11.3 Å². The maximum Gasteiger partial charge on any atom is 0.263 e. The molecule has 4 nitrogen and oxygen atoms in total. The molecule has 2 aromatic heterocycles. The first-order valence-corrected chi connectivity index (χ1v) is 8.80. The molecule has 0 bridgehead atoms. The highest BCUT2D eigenvalue weighted by molar-refractivity contribution is 7.21. The molecular weight excluding hydrogens is 318 g/mol. The van der Waals surface area contributed by atoms with Crippen LogP contribution in [-0.2, 0) is 0 Å². The van der Waals surface area contributed by atoms with E-state index in [2.05, 4.69) is 10.3 Å². The lowest BCUT2D eigenvalue weighted by atomic mass is 10.0. The zero-order valence-corrected chi connectivity index (χ0v) is 14.9. The van der Waals surface area contributed by atoms with E-state index in [4.69, 9.17) is 5.73 Å². The summed E-state index contributed by atoms with van der Waals surface area (Å²) in [5, 5.41) is 3.87. The number of carbonyl (C=O) groups is 1. The monoisotopic (exact) mass is 339 g/mol. The van der Waals surface area contributed by atoms with Gasteiger partial charge in [0.25, 0.3) is 5.91 Å². The number of nitrogens with zero attached hydrogens (tertiary/aromatic N) is 1. The van der Waals surface area contributed by atoms with Gasteiger partial charge in [-0.05, 0) is 32.4 Å². The fourth-order valence-corrected chi connectivity index (χ4v) is 3.38. The highest BCUT2D eigenvalue weighted by Crippen LogP contribution is 2.34. The van der Waals surface area contributed by atoms with Crippen LogP contribution in [0.3, 0.4) is 0 Å². The van der Waals surface area contributed by atoms with Crippen LogP contribution in [0, 0.1) is 0 Å². The van der Waals surface area contributed by atoms with E-state index in [0.29, 0.717) is 10.6 Å². The Bertz CT molecular complexity index is 884. The van der Waals surface area contributed by atoms with Gasteiger partial charge in [0.2, 0.25) is 0 Å². The van der Waals surface area contributed by atoms with Gasteiger partial charge < -0.3 is 11.1 Å². The molecule has 3 N–H and O–H groups in total. The smallest absolute Gasteiger partial charge is 0.263 e. The van der Waals surface area contributed by atoms with Gasteiger partial charge in [-0.2, -0.15) is 0 Å². The fraction of sp³-hybridized carbons (Fsp3) is 0.263. The van der Waals surface area contributed by atoms with Crippen LogP contribution < -0.4 is 11.1 Å². The molecule has 0 aliphatic heterocycles. The number of thiophene rings is 1. The molecule has 0 atom stereocenters. The standard InChI is InChI=1S/C19H21N3OS/c1-4-19(2,3)22-17(23)16-15(20)13-10-11-14(21-18(13)24-16)12-8-6-5-7-9-12/h5-11H,4,20H2,1-3H3,(H,22,23). The van der Waals surface area contributed by atoms with E-state index in [1.165, 1.54) is 11.3 Å². The molecule has 0 aliphatic carbocycles. The summed E-state index contributed by atoms with van der Waals surface area (Å²) in [7, 11) is 0. The number of carbonyl (C=O) groups excluding carboxylic acids is 1. The van der Waals surface area contributed by atoms with E-state index in [0.717, 1.165) is 27.9 Å². The molecule has 0 unspecified atom stereocenters. The van der Waals surface area contributed by atoms with E-state index < -0.39 is 0 Å². The quantitative estimate of drug-likeness (QED) is 0.737. The summed E-state index contributed by atoms with van der Waals surface area (Å²) in [6.45, 7) is 6.04. The minimum absolute atomic E-state index is 0.136. The summed E-state index contributed by atoms with van der Waals surface area (Å²) in [6.07, 6.45) is 0.847. The zero-order chi connectivity index (χ0) is 17.3. The molecule has 24 heavy (non-hydrogen) atoms. The summed E-state index contributed by atoms with van der Waals surface area (Å²) in [4.78, 5) is 18.6. The van der Waals surface area contributed by atoms with Crippen LogP contribution in [0.1, 0.15) is 36.9 Å². The van der Waals surface area contributed by atoms with E-state index in [-0.39, 0.29) is 11.4 Å². The number of nitrogens with two attached hydrogens (primary N) is 1. The number of amides is 1. The van der Waals surface area contributed by atoms with Crippen LogP contribution in [0.15, 0.2) is 42.5 Å². The maximum absolute atomic E-state index is 12.6. The first-order valence-electron chi connectivity index (χ1n) is 7.98. The van der Waals surface area contributed by atoms with Crippen LogP contribution in [0.5, 0.6) is 0 Å². The molecule has 0 spiro atoms. The van der Waals surface area contributed by atoms with Gasteiger partial charge in [0.15, 0.2) is 0 Å². The van der Waals surface area contributed by atoms with Gasteiger partial charge >= 0.3 is 0 Å². The van der Waals surface area contributed by atoms with Crippen molar-refractivity contribution < 1.29 is 4.79 Å². The van der Waals surface area contributed by atoms with Crippen LogP contribution in [0.2, 0.25) is 0 Å². The molecular formula is C19H21N3OS. The van der Waals surface area contributed by atoms with Crippen LogP contribution in [-0.4, -0.2) is 16.4 Å². The third kappa shape index (κ3) is 3.12. The van der Waals surface area contributed by atoms with Crippen molar-refractivity contribution in [3.05, 3.63) is 47.3 Å². The average molecular weight is 339 g/mol. The van der Waals surface area contributed by atoms with Crippen LogP contribution in [0.4, 0.5) is 5.69 Å². The number of hydrogen-bond donors (Lipinski definition) is 2. The molecule has 1 aromatic carbocycles. The summed E-state index contributed by atoms with van der Waals surface area (Å²) in [5.41, 5.74) is 8.37. The van der Waals surface area contributed by atoms with Gasteiger partial charge in [0.1, 0.15) is 9.71 Å². The second-order valence-electron chi connectivity index (χ2n) is 6.45. The Morgan fingerprint density at radius 1 is 1.21 bits per heavy atom. The lowest BCUT2D eigenvalue weighted by molar-refractivity contribution is 0.0916. The highest BCUT2D eigenvalue weighted by Gasteiger charge is 2.23. The van der Waals surface area contributed by atoms with Crippen molar-refractivity contribution >= 4 is 33.1 Å². The van der Waals surface area contributed by atoms with E-state index >= 15 is 0 Å². The van der Waals surface area contributed by atoms with Gasteiger partial charge in [0.05, 0.1) is 11.4 Å². The third-order valence-electron chi connectivity index (χ3n) is 4.21. The lowest BCUT2D eigenvalue weighted by Crippen LogP contribution is -2.42. The number of fused-ring (bicyclic) bond motifs is 1. The van der Waals surface area contributed by atoms with Gasteiger partial charge in [-0.25, -0.2) is 4.98 Å². The molecule has 2 heterocycles. The van der Waals surface area contributed by atoms with Crippen molar-refractivity contribution in [2.24, 2.45) is 0 Å². The van der Waals surface area contributed by atoms with Crippen molar-refractivity contribution in [1.82, 2.24) is 10.3 Å². The second kappa shape index (κ2) is 6.24. The van der Waals surface area contributed by atoms with Crippen molar-refractivity contribution in [2.45, 2.75) is 32.7 Å². The Morgan fingerprint density at radius 3 is 2.58 bits per heavy atom. The largest absolute Gasteiger partial charge is 0.397 e. The van der Waals surface area contributed by atoms with Crippen LogP contribution in [0.25, 0.3) is 21.5 Å². The van der Waals surface area contributed by atoms with Gasteiger partial charge in [-0.3, -0.25) is 4.79 Å². The Hall–Kier alpha value is -2.40. The van der Waals surface area contributed by atoms with Crippen molar-refractivity contribution in [2.75, 3.05) is 5.73 Å². The lowest BCUT2D eigenvalue weighted by Gasteiger charge is -2.24. The maximum atomic E-state index is 12.6. The second-order valence-corrected chi connectivity index (χ2v) is 7.45. The minimum Gasteiger partial charge on any atom is -0.397 e. The molecule has 3 rings (SSSR count). The van der Waals surface area contributed by atoms with Gasteiger partial charge in [0, 0.05) is 16.5 Å². The summed E-state index contributed by atoms with van der Waals surface area (Å²) >= 11 is 1.34. The Labute approximate surface area is 145 Å². The molecule has 0 saturated heterocycles. The third-order valence-corrected chi connectivity index (χ3v) is 5.32. The molecule has 124 valence electrons. The number of anilines is 1. The first kappa shape index (κ1) is 16.5. The average Bonchev–Trinajstić information content (AvgIpc) is 2.92. The number of benzene rings is 1. The molecule has 5 heteroatoms. The summed E-state index contributed by atoms with van der Waals surface area (Å²) in [6, 6.07) is 13.9. The number of rotatable bonds is 4. The number of nitrogen functional groups attached to an aromatic ring is 1. The topological polar surface area (TPSA) is 68.0 Å². The number of pyridine rings is 1. The number of hydrogen-bond acceptors (Lipinski definition) is 4. The van der Waals surface area contributed by atoms with Crippen molar-refractivity contribution in [3.8, 4) is 11.3 Å². The Morgan fingerprint density at radius 2 is 1.92 bits per heavy atom. The molecule has 3 aromatic rings. The number of aromatic nitrogens is 1. The fourth-order valence-electron chi connectivity index (χ4n) is 2.39. The van der Waals surface area contributed by atoms with Gasteiger partial charge in [-0.1, -0.05) is 37.3 Å². The summed E-state index contributed by atoms with van der Waals surface area (Å²) < 4.78 is 0. The molecule has 0 radical (unpaired) electrons. The SMILES string of the molecule is CCC(C)(C)NC(=O)c1sc2nc(-c3ccccc3)ccc2c1N. The Kier molecular flexibility index (Phi) is 4.28. The van der Waals surface area contributed by atoms with Crippen molar-refractivity contribution in [1.29, 1.82) is 0 Å². The predicted molar refractivity (Wildman–Crippen MR) is 101 cm³/mol. The Balaban J connectivity index is 2.00. The number of nitrogens with one attached hydrogen (secondary N) is 1.